The summed E-state index contributed by atoms with van der Waals surface area (Å²) >= 11 is 0. The Morgan fingerprint density at radius 3 is 2.27 bits per heavy atom. The fourth-order valence-corrected chi connectivity index (χ4v) is 3.95. The second-order valence-electron chi connectivity index (χ2n) is 7.36. The molecule has 0 aromatic carbocycles. The summed E-state index contributed by atoms with van der Waals surface area (Å²) in [5.41, 5.74) is 0. The number of aliphatic hydroxyl groups excluding tert-OH is 1. The first-order valence-electron chi connectivity index (χ1n) is 8.24. The highest BCUT2D eigenvalue weighted by molar-refractivity contribution is 5.80. The predicted octanol–water partition coefficient (Wildman–Crippen LogP) is 2.24. The zero-order valence-electron chi connectivity index (χ0n) is 14.0. The summed E-state index contributed by atoms with van der Waals surface area (Å²) in [6.45, 7) is 7.17. The van der Waals surface area contributed by atoms with E-state index in [9.17, 15) is 14.7 Å². The summed E-state index contributed by atoms with van der Waals surface area (Å²) in [6, 6.07) is 0. The fourth-order valence-electron chi connectivity index (χ4n) is 3.95. The molecule has 2 aliphatic heterocycles. The quantitative estimate of drug-likeness (QED) is 0.862. The largest absolute Gasteiger partial charge is 0.383 e. The maximum absolute atomic E-state index is 11.5. The Hall–Kier alpha value is -0.780. The second kappa shape index (κ2) is 6.77. The van der Waals surface area contributed by atoms with Crippen LogP contribution in [0.2, 0.25) is 0 Å². The van der Waals surface area contributed by atoms with Crippen LogP contribution in [0.3, 0.4) is 0 Å². The molecular weight excluding hydrogens is 284 g/mol. The lowest BCUT2D eigenvalue weighted by Gasteiger charge is -2.50. The van der Waals surface area contributed by atoms with E-state index in [1.54, 1.807) is 6.92 Å². The summed E-state index contributed by atoms with van der Waals surface area (Å²) in [5, 5.41) is 10.1. The molecule has 22 heavy (non-hydrogen) atoms. The van der Waals surface area contributed by atoms with Crippen molar-refractivity contribution in [3.63, 3.8) is 0 Å². The van der Waals surface area contributed by atoms with Gasteiger partial charge >= 0.3 is 0 Å². The Morgan fingerprint density at radius 1 is 1.14 bits per heavy atom. The lowest BCUT2D eigenvalue weighted by atomic mass is 9.81. The molecule has 0 radical (unpaired) electrons. The van der Waals surface area contributed by atoms with E-state index in [4.69, 9.17) is 9.47 Å². The molecule has 0 saturated carbocycles. The van der Waals surface area contributed by atoms with E-state index in [2.05, 4.69) is 13.8 Å². The SMILES string of the molecule is CC(=O)C[C@H]1C[C@@H](C)C[C@@]2(C[C@@H](C)C[C@@H]([C@@H](O)C(C)=O)O2)O1. The number of carbonyl (C=O) groups is 2. The molecule has 6 atom stereocenters. The summed E-state index contributed by atoms with van der Waals surface area (Å²) in [7, 11) is 0. The molecule has 126 valence electrons. The van der Waals surface area contributed by atoms with Crippen molar-refractivity contribution in [1.82, 2.24) is 0 Å². The van der Waals surface area contributed by atoms with Crippen LogP contribution < -0.4 is 0 Å². The van der Waals surface area contributed by atoms with Crippen molar-refractivity contribution in [3.05, 3.63) is 0 Å². The van der Waals surface area contributed by atoms with Gasteiger partial charge in [0.05, 0.1) is 12.2 Å². The highest BCUT2D eigenvalue weighted by atomic mass is 16.7. The first-order chi connectivity index (χ1) is 10.2. The average molecular weight is 312 g/mol. The van der Waals surface area contributed by atoms with E-state index < -0.39 is 18.0 Å². The normalized spacial score (nSPS) is 40.4. The Kier molecular flexibility index (Phi) is 5.41. The van der Waals surface area contributed by atoms with Crippen LogP contribution >= 0.6 is 0 Å². The average Bonchev–Trinajstić information content (AvgIpc) is 2.34. The van der Waals surface area contributed by atoms with E-state index >= 15 is 0 Å². The van der Waals surface area contributed by atoms with Crippen LogP contribution in [0.25, 0.3) is 0 Å². The molecule has 2 aliphatic rings. The molecule has 0 aromatic rings. The third-order valence-corrected chi connectivity index (χ3v) is 4.65. The van der Waals surface area contributed by atoms with Crippen molar-refractivity contribution in [2.75, 3.05) is 0 Å². The van der Waals surface area contributed by atoms with Crippen LogP contribution in [0, 0.1) is 11.8 Å². The third kappa shape index (κ3) is 4.15. The summed E-state index contributed by atoms with van der Waals surface area (Å²) < 4.78 is 12.2. The molecule has 5 heteroatoms. The first-order valence-corrected chi connectivity index (χ1v) is 8.24. The molecule has 0 bridgehead atoms. The van der Waals surface area contributed by atoms with Crippen molar-refractivity contribution >= 4 is 11.6 Å². The van der Waals surface area contributed by atoms with Gasteiger partial charge in [0.25, 0.3) is 0 Å². The van der Waals surface area contributed by atoms with Gasteiger partial charge in [0.15, 0.2) is 11.6 Å². The van der Waals surface area contributed by atoms with Crippen molar-refractivity contribution < 1.29 is 24.2 Å². The van der Waals surface area contributed by atoms with Gasteiger partial charge in [-0.05, 0) is 38.5 Å². The van der Waals surface area contributed by atoms with Gasteiger partial charge in [-0.2, -0.15) is 0 Å². The number of hydrogen-bond donors (Lipinski definition) is 1. The minimum atomic E-state index is -1.10. The highest BCUT2D eigenvalue weighted by Gasteiger charge is 2.48. The van der Waals surface area contributed by atoms with Crippen LogP contribution in [0.15, 0.2) is 0 Å². The monoisotopic (exact) mass is 312 g/mol. The van der Waals surface area contributed by atoms with E-state index in [0.29, 0.717) is 24.7 Å². The third-order valence-electron chi connectivity index (χ3n) is 4.65. The van der Waals surface area contributed by atoms with Crippen LogP contribution in [0.1, 0.15) is 59.8 Å². The number of ketones is 2. The van der Waals surface area contributed by atoms with Crippen LogP contribution in [-0.4, -0.2) is 40.8 Å². The van der Waals surface area contributed by atoms with Gasteiger partial charge in [-0.1, -0.05) is 13.8 Å². The minimum absolute atomic E-state index is 0.110. The molecule has 2 heterocycles. The molecule has 2 rings (SSSR count). The molecule has 0 aromatic heterocycles. The molecule has 0 aliphatic carbocycles. The zero-order valence-corrected chi connectivity index (χ0v) is 14.0. The standard InChI is InChI=1S/C17H28O5/c1-10-5-14(7-12(3)18)21-17(8-10)9-11(2)6-15(22-17)16(20)13(4)19/h10-11,14-16,20H,5-9H2,1-4H3/t10-,11+,14-,15+,16+,17-/m1/s1. The molecule has 2 saturated heterocycles. The first kappa shape index (κ1) is 17.6. The van der Waals surface area contributed by atoms with Gasteiger partial charge in [-0.15, -0.1) is 0 Å². The van der Waals surface area contributed by atoms with Gasteiger partial charge in [0.1, 0.15) is 11.9 Å². The maximum Gasteiger partial charge on any atom is 0.169 e. The van der Waals surface area contributed by atoms with Gasteiger partial charge in [0.2, 0.25) is 0 Å². The number of Topliss-reactive ketones (excluding diaryl/α,β-unsaturated/α-hetero) is 2. The van der Waals surface area contributed by atoms with E-state index in [1.165, 1.54) is 6.92 Å². The maximum atomic E-state index is 11.5. The Balaban J connectivity index is 2.15. The molecule has 1 spiro atoms. The summed E-state index contributed by atoms with van der Waals surface area (Å²) in [4.78, 5) is 22.9. The van der Waals surface area contributed by atoms with E-state index in [0.717, 1.165) is 19.3 Å². The molecular formula is C17H28O5. The van der Waals surface area contributed by atoms with Crippen LogP contribution in [0.4, 0.5) is 0 Å². The zero-order chi connectivity index (χ0) is 16.5. The minimum Gasteiger partial charge on any atom is -0.383 e. The van der Waals surface area contributed by atoms with Gasteiger partial charge < -0.3 is 14.6 Å². The second-order valence-corrected chi connectivity index (χ2v) is 7.36. The number of hydrogen-bond acceptors (Lipinski definition) is 5. The molecule has 5 nitrogen and oxygen atoms in total. The van der Waals surface area contributed by atoms with Gasteiger partial charge in [-0.3, -0.25) is 9.59 Å². The van der Waals surface area contributed by atoms with Gasteiger partial charge in [0, 0.05) is 19.3 Å². The van der Waals surface area contributed by atoms with Crippen LogP contribution in [-0.2, 0) is 19.1 Å². The summed E-state index contributed by atoms with van der Waals surface area (Å²) in [5.74, 6) is -0.248. The molecule has 0 unspecified atom stereocenters. The lowest BCUT2D eigenvalue weighted by Crippen LogP contribution is -2.55. The number of aliphatic hydroxyl groups is 1. The number of rotatable bonds is 4. The van der Waals surface area contributed by atoms with E-state index in [1.807, 2.05) is 0 Å². The molecule has 0 amide bonds. The van der Waals surface area contributed by atoms with E-state index in [-0.39, 0.29) is 17.7 Å². The van der Waals surface area contributed by atoms with Crippen molar-refractivity contribution in [2.24, 2.45) is 11.8 Å². The van der Waals surface area contributed by atoms with Crippen molar-refractivity contribution in [2.45, 2.75) is 83.9 Å². The smallest absolute Gasteiger partial charge is 0.169 e. The number of ether oxygens (including phenoxy) is 2. The van der Waals surface area contributed by atoms with Crippen molar-refractivity contribution in [1.29, 1.82) is 0 Å². The molecule has 1 N–H and O–H groups in total. The Morgan fingerprint density at radius 2 is 1.73 bits per heavy atom. The molecule has 2 fully saturated rings. The Labute approximate surface area is 132 Å². The topological polar surface area (TPSA) is 72.8 Å². The predicted molar refractivity (Wildman–Crippen MR) is 81.3 cm³/mol. The van der Waals surface area contributed by atoms with Crippen LogP contribution in [0.5, 0.6) is 0 Å². The van der Waals surface area contributed by atoms with Crippen molar-refractivity contribution in [3.8, 4) is 0 Å². The number of carbonyl (C=O) groups excluding carboxylic acids is 2. The lowest BCUT2D eigenvalue weighted by molar-refractivity contribution is -0.335. The Bertz CT molecular complexity index is 431. The highest BCUT2D eigenvalue weighted by Crippen LogP contribution is 2.44. The van der Waals surface area contributed by atoms with Gasteiger partial charge in [-0.25, -0.2) is 0 Å². The fraction of sp³-hybridized carbons (Fsp3) is 0.882. The summed E-state index contributed by atoms with van der Waals surface area (Å²) in [6.07, 6.45) is 1.61.